The van der Waals surface area contributed by atoms with E-state index in [1.165, 1.54) is 44.6 Å². The molecule has 0 spiro atoms. The molecule has 0 radical (unpaired) electrons. The first-order chi connectivity index (χ1) is 21.8. The molecule has 0 amide bonds. The van der Waals surface area contributed by atoms with Gasteiger partial charge in [0.1, 0.15) is 0 Å². The standard InChI is InChI=1S/C40H45BN2O2/c1-39(2)40(3,4)45-41(44-39)38-17-7-14-32(25-38)37-23-35(30-12-5-10-28(20-30)33-15-8-18-42-26-33)22-36(24-37)31-13-6-11-29(21-31)34-16-9-19-43-27-34/h5-6,8,10-13,15,17-20,22,24-25,27,31,35,42H,7,9,14,16,21,23,26H2,1-4H3. The molecule has 1 fully saturated rings. The number of nitrogens with one attached hydrogen (secondary N) is 1. The highest BCUT2D eigenvalue weighted by molar-refractivity contribution is 6.55. The highest BCUT2D eigenvalue weighted by Crippen LogP contribution is 2.44. The van der Waals surface area contributed by atoms with Crippen molar-refractivity contribution in [3.63, 3.8) is 0 Å². The van der Waals surface area contributed by atoms with Gasteiger partial charge in [0.15, 0.2) is 0 Å². The summed E-state index contributed by atoms with van der Waals surface area (Å²) in [5.41, 5.74) is 11.5. The molecule has 1 aromatic rings. The molecule has 3 aliphatic carbocycles. The number of hydrogen-bond donors (Lipinski definition) is 1. The predicted octanol–water partition coefficient (Wildman–Crippen LogP) is 9.06. The molecule has 4 nitrogen and oxygen atoms in total. The third kappa shape index (κ3) is 6.26. The van der Waals surface area contributed by atoms with Crippen molar-refractivity contribution >= 4 is 18.9 Å². The summed E-state index contributed by atoms with van der Waals surface area (Å²) >= 11 is 0. The summed E-state index contributed by atoms with van der Waals surface area (Å²) in [6, 6.07) is 9.20. The van der Waals surface area contributed by atoms with E-state index in [9.17, 15) is 0 Å². The highest BCUT2D eigenvalue weighted by atomic mass is 16.7. The highest BCUT2D eigenvalue weighted by Gasteiger charge is 2.52. The monoisotopic (exact) mass is 596 g/mol. The van der Waals surface area contributed by atoms with Crippen molar-refractivity contribution in [3.05, 3.63) is 136 Å². The molecule has 3 aliphatic heterocycles. The lowest BCUT2D eigenvalue weighted by atomic mass is 9.71. The number of allylic oxidation sites excluding steroid dienone is 15. The van der Waals surface area contributed by atoms with E-state index in [2.05, 4.69) is 123 Å². The van der Waals surface area contributed by atoms with E-state index in [0.29, 0.717) is 11.8 Å². The zero-order valence-electron chi connectivity index (χ0n) is 27.2. The Morgan fingerprint density at radius 2 is 1.64 bits per heavy atom. The van der Waals surface area contributed by atoms with Crippen LogP contribution in [0.15, 0.2) is 130 Å². The van der Waals surface area contributed by atoms with Crippen molar-refractivity contribution in [3.8, 4) is 0 Å². The van der Waals surface area contributed by atoms with E-state index in [1.807, 2.05) is 12.4 Å². The molecular weight excluding hydrogens is 551 g/mol. The average Bonchev–Trinajstić information content (AvgIpc) is 3.31. The van der Waals surface area contributed by atoms with Crippen LogP contribution in [0.2, 0.25) is 0 Å². The zero-order chi connectivity index (χ0) is 31.0. The normalized spacial score (nSPS) is 27.0. The first-order valence-electron chi connectivity index (χ1n) is 16.7. The summed E-state index contributed by atoms with van der Waals surface area (Å²) in [4.78, 5) is 4.48. The summed E-state index contributed by atoms with van der Waals surface area (Å²) in [5.74, 6) is 0.650. The molecule has 3 heterocycles. The van der Waals surface area contributed by atoms with Gasteiger partial charge >= 0.3 is 7.12 Å². The molecule has 0 bridgehead atoms. The molecule has 7 rings (SSSR count). The quantitative estimate of drug-likeness (QED) is 0.333. The van der Waals surface area contributed by atoms with Gasteiger partial charge in [0, 0.05) is 30.8 Å². The van der Waals surface area contributed by atoms with Gasteiger partial charge in [0.2, 0.25) is 0 Å². The van der Waals surface area contributed by atoms with Gasteiger partial charge in [-0.2, -0.15) is 0 Å². The first-order valence-corrected chi connectivity index (χ1v) is 16.7. The Morgan fingerprint density at radius 1 is 0.844 bits per heavy atom. The van der Waals surface area contributed by atoms with Gasteiger partial charge in [-0.1, -0.05) is 72.9 Å². The smallest absolute Gasteiger partial charge is 0.399 e. The number of nitrogens with zero attached hydrogens (tertiary/aromatic N) is 1. The summed E-state index contributed by atoms with van der Waals surface area (Å²) in [7, 11) is -0.330. The lowest BCUT2D eigenvalue weighted by molar-refractivity contribution is 0.00578. The molecule has 1 saturated heterocycles. The van der Waals surface area contributed by atoms with Crippen LogP contribution in [0.25, 0.3) is 5.57 Å². The molecule has 2 unspecified atom stereocenters. The van der Waals surface area contributed by atoms with Crippen molar-refractivity contribution in [1.82, 2.24) is 5.32 Å². The fourth-order valence-electron chi connectivity index (χ4n) is 7.15. The van der Waals surface area contributed by atoms with Gasteiger partial charge in [-0.3, -0.25) is 4.99 Å². The maximum absolute atomic E-state index is 6.47. The minimum absolute atomic E-state index is 0.306. The molecule has 1 N–H and O–H groups in total. The van der Waals surface area contributed by atoms with Gasteiger partial charge in [-0.05, 0) is 129 Å². The van der Waals surface area contributed by atoms with Crippen LogP contribution in [-0.2, 0) is 9.31 Å². The molecule has 6 aliphatic rings. The van der Waals surface area contributed by atoms with Gasteiger partial charge < -0.3 is 14.6 Å². The molecule has 230 valence electrons. The Kier molecular flexibility index (Phi) is 8.18. The van der Waals surface area contributed by atoms with E-state index in [-0.39, 0.29) is 18.3 Å². The van der Waals surface area contributed by atoms with E-state index < -0.39 is 0 Å². The Balaban J connectivity index is 1.22. The van der Waals surface area contributed by atoms with E-state index in [4.69, 9.17) is 9.31 Å². The lowest BCUT2D eigenvalue weighted by Gasteiger charge is -2.32. The van der Waals surface area contributed by atoms with Crippen molar-refractivity contribution in [2.24, 2.45) is 10.9 Å². The molecule has 1 aromatic carbocycles. The van der Waals surface area contributed by atoms with Crippen LogP contribution >= 0.6 is 0 Å². The van der Waals surface area contributed by atoms with Crippen LogP contribution in [0.3, 0.4) is 0 Å². The Labute approximate surface area is 269 Å². The minimum Gasteiger partial charge on any atom is -0.399 e. The molecule has 45 heavy (non-hydrogen) atoms. The molecule has 0 saturated carbocycles. The second kappa shape index (κ2) is 12.3. The number of rotatable bonds is 6. The van der Waals surface area contributed by atoms with Crippen LogP contribution in [-0.4, -0.2) is 31.1 Å². The van der Waals surface area contributed by atoms with Crippen LogP contribution in [0.5, 0.6) is 0 Å². The van der Waals surface area contributed by atoms with Crippen LogP contribution in [0.4, 0.5) is 0 Å². The fourth-order valence-corrected chi connectivity index (χ4v) is 7.15. The largest absolute Gasteiger partial charge is 0.494 e. The second-order valence-electron chi connectivity index (χ2n) is 14.1. The lowest BCUT2D eigenvalue weighted by Crippen LogP contribution is -2.41. The van der Waals surface area contributed by atoms with E-state index >= 15 is 0 Å². The van der Waals surface area contributed by atoms with E-state index in [0.717, 1.165) is 50.5 Å². The second-order valence-corrected chi connectivity index (χ2v) is 14.1. The van der Waals surface area contributed by atoms with Crippen molar-refractivity contribution in [2.75, 3.05) is 6.54 Å². The maximum atomic E-state index is 6.47. The van der Waals surface area contributed by atoms with Gasteiger partial charge in [-0.15, -0.1) is 0 Å². The third-order valence-corrected chi connectivity index (χ3v) is 10.5. The van der Waals surface area contributed by atoms with Gasteiger partial charge in [0.25, 0.3) is 0 Å². The number of dihydropyridines is 1. The van der Waals surface area contributed by atoms with Crippen molar-refractivity contribution < 1.29 is 9.31 Å². The van der Waals surface area contributed by atoms with Gasteiger partial charge in [0.05, 0.1) is 11.2 Å². The Morgan fingerprint density at radius 3 is 2.42 bits per heavy atom. The summed E-state index contributed by atoms with van der Waals surface area (Å²) in [6.07, 6.45) is 33.3. The predicted molar refractivity (Wildman–Crippen MR) is 188 cm³/mol. The van der Waals surface area contributed by atoms with Crippen LogP contribution in [0, 0.1) is 5.92 Å². The molecule has 2 atom stereocenters. The number of hydrogen-bond acceptors (Lipinski definition) is 4. The maximum Gasteiger partial charge on any atom is 0.494 e. The van der Waals surface area contributed by atoms with Crippen molar-refractivity contribution in [2.45, 2.75) is 83.3 Å². The molecule has 5 heteroatoms. The van der Waals surface area contributed by atoms with Gasteiger partial charge in [-0.25, -0.2) is 0 Å². The van der Waals surface area contributed by atoms with E-state index in [1.54, 1.807) is 0 Å². The van der Waals surface area contributed by atoms with Crippen LogP contribution in [0.1, 0.15) is 83.3 Å². The molecule has 0 aromatic heterocycles. The summed E-state index contributed by atoms with van der Waals surface area (Å²) in [6.45, 7) is 9.39. The summed E-state index contributed by atoms with van der Waals surface area (Å²) in [5, 5.41) is 3.37. The topological polar surface area (TPSA) is 42.8 Å². The number of benzene rings is 1. The SMILES string of the molecule is CC1(C)OB(C2=CCCC(C3=CC(C4C=CC=C(C5=CN=CCC5)C4)=CC(c4cccc(C5=CC=CNC5)c4)C3)=C2)OC1(C)C. The summed E-state index contributed by atoms with van der Waals surface area (Å²) < 4.78 is 12.9. The molecular formula is C40H45BN2O2. The first kappa shape index (κ1) is 30.0. The number of aliphatic imine (C=N–C) groups is 1. The minimum atomic E-state index is -0.350. The van der Waals surface area contributed by atoms with Crippen LogP contribution < -0.4 is 5.32 Å². The zero-order valence-corrected chi connectivity index (χ0v) is 27.2. The average molecular weight is 597 g/mol. The third-order valence-electron chi connectivity index (χ3n) is 10.5. The fraction of sp³-hybridized carbons (Fsp3) is 0.375. The van der Waals surface area contributed by atoms with Crippen molar-refractivity contribution in [1.29, 1.82) is 0 Å². The Bertz CT molecular complexity index is 1660. The Hall–Kier alpha value is -3.67.